The third-order valence-corrected chi connectivity index (χ3v) is 7.92. The first-order valence-electron chi connectivity index (χ1n) is 10.2. The fourth-order valence-corrected chi connectivity index (χ4v) is 6.07. The van der Waals surface area contributed by atoms with Crippen LogP contribution >= 0.6 is 0 Å². The van der Waals surface area contributed by atoms with Crippen LogP contribution < -0.4 is 13.6 Å². The van der Waals surface area contributed by atoms with E-state index >= 15 is 0 Å². The number of pyridine rings is 1. The second kappa shape index (κ2) is 11.8. The summed E-state index contributed by atoms with van der Waals surface area (Å²) in [6.45, 7) is 2.70. The number of benzene rings is 2. The monoisotopic (exact) mass is 568 g/mol. The molecule has 9 nitrogen and oxygen atoms in total. The van der Waals surface area contributed by atoms with Crippen molar-refractivity contribution < 1.29 is 29.5 Å². The van der Waals surface area contributed by atoms with Crippen LogP contribution in [0.4, 0.5) is 0 Å². The van der Waals surface area contributed by atoms with Crippen LogP contribution in [0.15, 0.2) is 76.8 Å². The summed E-state index contributed by atoms with van der Waals surface area (Å²) in [5.74, 6) is 0.453. The average Bonchev–Trinajstić information content (AvgIpc) is 2.81. The van der Waals surface area contributed by atoms with E-state index in [-0.39, 0.29) is 12.3 Å². The number of ether oxygens (including phenoxy) is 1. The van der Waals surface area contributed by atoms with E-state index in [0.29, 0.717) is 30.9 Å². The van der Waals surface area contributed by atoms with Gasteiger partial charge in [-0.15, -0.1) is 0 Å². The molecule has 2 aromatic carbocycles. The molecule has 1 heterocycles. The maximum atomic E-state index is 13.1. The van der Waals surface area contributed by atoms with Gasteiger partial charge in [0.1, 0.15) is 0 Å². The minimum atomic E-state index is -4.48. The first-order chi connectivity index (χ1) is 16.2. The molecule has 34 heavy (non-hydrogen) atoms. The molecule has 0 saturated carbocycles. The zero-order valence-corrected chi connectivity index (χ0v) is 22.4. The Morgan fingerprint density at radius 3 is 2.29 bits per heavy atom. The van der Waals surface area contributed by atoms with Gasteiger partial charge in [-0.25, -0.2) is 13.1 Å². The molecule has 0 bridgehead atoms. The number of hydrogen-bond donors (Lipinski definition) is 1. The molecular formula is C22H25AsN2O7S2. The molecule has 0 fully saturated rings. The Bertz CT molecular complexity index is 1320. The van der Waals surface area contributed by atoms with Gasteiger partial charge in [0.05, 0.1) is 0 Å². The van der Waals surface area contributed by atoms with Gasteiger partial charge in [0.2, 0.25) is 10.0 Å². The van der Waals surface area contributed by atoms with Crippen molar-refractivity contribution in [1.29, 1.82) is 0 Å². The number of aromatic nitrogens is 1. The predicted molar refractivity (Wildman–Crippen MR) is 128 cm³/mol. The van der Waals surface area contributed by atoms with Crippen molar-refractivity contribution >= 4 is 37.3 Å². The molecule has 0 aliphatic heterocycles. The number of aryl methyl sites for hydroxylation is 1. The van der Waals surface area contributed by atoms with Gasteiger partial charge >= 0.3 is 126 Å². The Balaban J connectivity index is 1.83. The third-order valence-electron chi connectivity index (χ3n) is 4.53. The second-order valence-corrected chi connectivity index (χ2v) is 11.2. The van der Waals surface area contributed by atoms with Crippen LogP contribution in [-0.2, 0) is 30.4 Å². The summed E-state index contributed by atoms with van der Waals surface area (Å²) in [7, 11) is -8.64. The summed E-state index contributed by atoms with van der Waals surface area (Å²) in [6.07, 6.45) is 3.75. The maximum absolute atomic E-state index is 13.1. The van der Waals surface area contributed by atoms with Gasteiger partial charge in [-0.2, -0.15) is 0 Å². The molecule has 0 aliphatic rings. The summed E-state index contributed by atoms with van der Waals surface area (Å²) < 4.78 is 70.4. The molecule has 182 valence electrons. The van der Waals surface area contributed by atoms with E-state index in [2.05, 4.69) is 9.71 Å². The molecule has 0 spiro atoms. The summed E-state index contributed by atoms with van der Waals surface area (Å²) in [5, 5.41) is 0. The van der Waals surface area contributed by atoms with E-state index in [1.807, 2.05) is 0 Å². The molecule has 12 heteroatoms. The molecule has 1 N–H and O–H groups in total. The van der Waals surface area contributed by atoms with E-state index in [1.54, 1.807) is 25.1 Å². The topological polar surface area (TPSA) is 121 Å². The molecular weight excluding hydrogens is 543 g/mol. The van der Waals surface area contributed by atoms with Crippen molar-refractivity contribution in [3.8, 4) is 11.5 Å². The van der Waals surface area contributed by atoms with Gasteiger partial charge in [-0.05, 0) is 23.8 Å². The van der Waals surface area contributed by atoms with Crippen LogP contribution in [0, 0.1) is 6.92 Å². The van der Waals surface area contributed by atoms with E-state index in [0.717, 1.165) is 5.56 Å². The Morgan fingerprint density at radius 2 is 1.59 bits per heavy atom. The minimum absolute atomic E-state index is 0.0158. The normalized spacial score (nSPS) is 11.8. The number of nitrogens with one attached hydrogen (secondary N) is 1. The Hall–Kier alpha value is -2.43. The Labute approximate surface area is 208 Å². The van der Waals surface area contributed by atoms with Crippen molar-refractivity contribution in [3.63, 3.8) is 0 Å². The molecule has 0 amide bonds. The van der Waals surface area contributed by atoms with Crippen molar-refractivity contribution in [2.45, 2.75) is 29.7 Å². The number of sulfonamides is 1. The number of nitrogens with zero attached hydrogens (tertiary/aromatic N) is 1. The van der Waals surface area contributed by atoms with Gasteiger partial charge in [0, 0.05) is 18.9 Å². The van der Waals surface area contributed by atoms with E-state index in [4.69, 9.17) is 12.6 Å². The fourth-order valence-electron chi connectivity index (χ4n) is 2.98. The first-order valence-corrected chi connectivity index (χ1v) is 14.1. The first kappa shape index (κ1) is 26.2. The quantitative estimate of drug-likeness (QED) is 0.200. The van der Waals surface area contributed by atoms with Crippen molar-refractivity contribution in [2.75, 3.05) is 13.2 Å². The van der Waals surface area contributed by atoms with Crippen LogP contribution in [0.1, 0.15) is 17.5 Å². The van der Waals surface area contributed by atoms with Gasteiger partial charge < -0.3 is 0 Å². The Kier molecular flexibility index (Phi) is 9.09. The number of hydrogen-bond acceptors (Lipinski definition) is 8. The number of rotatable bonds is 12. The summed E-state index contributed by atoms with van der Waals surface area (Å²) >= 11 is 1.17. The van der Waals surface area contributed by atoms with Crippen molar-refractivity contribution in [2.24, 2.45) is 0 Å². The molecule has 1 aromatic heterocycles. The molecule has 3 aromatic rings. The molecule has 0 radical (unpaired) electrons. The SMILES string of the molecule is Cc1cc(OCCCO[AsH2])cc(OS(=O)(=O)c2ccccc2S(=O)(=O)NCc2ccncc2)c1. The Morgan fingerprint density at radius 1 is 0.912 bits per heavy atom. The average molecular weight is 569 g/mol. The van der Waals surface area contributed by atoms with Crippen molar-refractivity contribution in [1.82, 2.24) is 9.71 Å². The standard InChI is InChI=1S/C22H25AsN2O7S2/c1-17-13-19(30-11-4-12-31-23)15-20(14-17)32-34(28,29)22-6-3-2-5-21(22)33(26,27)25-16-18-7-9-24-10-8-18/h2-3,5-10,13-15,25H,4,11-12,16,23H2,1H3. The predicted octanol–water partition coefficient (Wildman–Crippen LogP) is 1.97. The fraction of sp³-hybridized carbons (Fsp3) is 0.227. The summed E-state index contributed by atoms with van der Waals surface area (Å²) in [5.41, 5.74) is 1.39. The molecule has 1 unspecified atom stereocenters. The van der Waals surface area contributed by atoms with Crippen LogP contribution in [0.2, 0.25) is 0 Å². The second-order valence-electron chi connectivity index (χ2n) is 7.22. The zero-order chi connectivity index (χ0) is 24.6. The summed E-state index contributed by atoms with van der Waals surface area (Å²) in [4.78, 5) is 3.01. The molecule has 3 rings (SSSR count). The van der Waals surface area contributed by atoms with Gasteiger partial charge in [-0.3, -0.25) is 4.98 Å². The van der Waals surface area contributed by atoms with Gasteiger partial charge in [0.25, 0.3) is 0 Å². The van der Waals surface area contributed by atoms with Crippen LogP contribution in [0.25, 0.3) is 0 Å². The van der Waals surface area contributed by atoms with E-state index in [1.165, 1.54) is 66.0 Å². The third kappa shape index (κ3) is 7.28. The van der Waals surface area contributed by atoms with E-state index in [9.17, 15) is 16.8 Å². The molecule has 0 aliphatic carbocycles. The van der Waals surface area contributed by atoms with Gasteiger partial charge in [-0.1, -0.05) is 12.1 Å². The molecule has 1 atom stereocenters. The summed E-state index contributed by atoms with van der Waals surface area (Å²) in [6, 6.07) is 13.3. The van der Waals surface area contributed by atoms with E-state index < -0.39 is 29.9 Å². The van der Waals surface area contributed by atoms with Crippen molar-refractivity contribution in [3.05, 3.63) is 78.1 Å². The van der Waals surface area contributed by atoms with Gasteiger partial charge in [0.15, 0.2) is 0 Å². The van der Waals surface area contributed by atoms with Crippen LogP contribution in [0.5, 0.6) is 11.5 Å². The zero-order valence-electron chi connectivity index (χ0n) is 18.4. The van der Waals surface area contributed by atoms with Crippen LogP contribution in [-0.4, -0.2) is 52.2 Å². The molecule has 0 saturated heterocycles. The van der Waals surface area contributed by atoms with Crippen LogP contribution in [0.3, 0.4) is 0 Å².